The van der Waals surface area contributed by atoms with Crippen molar-refractivity contribution in [2.45, 2.75) is 13.0 Å². The van der Waals surface area contributed by atoms with Gasteiger partial charge in [0.1, 0.15) is 23.0 Å². The Morgan fingerprint density at radius 1 is 0.974 bits per heavy atom. The number of nitrogens with zero attached hydrogens (tertiary/aromatic N) is 2. The Morgan fingerprint density at radius 3 is 2.39 bits per heavy atom. The normalized spacial score (nSPS) is 14.3. The monoisotopic (exact) mass is 514 g/mol. The van der Waals surface area contributed by atoms with E-state index in [9.17, 15) is 18.8 Å². The molecule has 0 saturated carbocycles. The highest BCUT2D eigenvalue weighted by molar-refractivity contribution is 6.13. The first-order chi connectivity index (χ1) is 18.3. The molecule has 5 N–H and O–H groups in total. The number of H-pyrrole nitrogens is 1. The van der Waals surface area contributed by atoms with Crippen molar-refractivity contribution >= 4 is 23.7 Å². The number of halogens is 1. The average molecular weight is 515 g/mol. The lowest BCUT2D eigenvalue weighted by Gasteiger charge is -2.11. The van der Waals surface area contributed by atoms with Crippen LogP contribution in [0.4, 0.5) is 14.9 Å². The highest BCUT2D eigenvalue weighted by Gasteiger charge is 2.34. The fraction of sp³-hybridized carbons (Fsp3) is 0.107. The largest absolute Gasteiger partial charge is 0.497 e. The summed E-state index contributed by atoms with van der Waals surface area (Å²) < 4.78 is 20.0. The lowest BCUT2D eigenvalue weighted by Crippen LogP contribution is -2.40. The smallest absolute Gasteiger partial charge is 0.329 e. The van der Waals surface area contributed by atoms with Gasteiger partial charge in [-0.1, -0.05) is 24.3 Å². The number of benzene rings is 3. The van der Waals surface area contributed by atoms with Gasteiger partial charge < -0.3 is 15.8 Å². The number of urea groups is 1. The molecule has 4 aromatic rings. The summed E-state index contributed by atoms with van der Waals surface area (Å²) in [6.07, 6.45) is 1.65. The van der Waals surface area contributed by atoms with Gasteiger partial charge in [0.2, 0.25) is 0 Å². The summed E-state index contributed by atoms with van der Waals surface area (Å²) in [4.78, 5) is 40.4. The van der Waals surface area contributed by atoms with Crippen LogP contribution < -0.4 is 21.3 Å². The molecule has 0 atom stereocenters. The van der Waals surface area contributed by atoms with E-state index >= 15 is 0 Å². The van der Waals surface area contributed by atoms with Crippen LogP contribution in [0.25, 0.3) is 11.8 Å². The predicted molar refractivity (Wildman–Crippen MR) is 138 cm³/mol. The molecule has 0 spiro atoms. The molecule has 1 fully saturated rings. The first kappa shape index (κ1) is 24.7. The lowest BCUT2D eigenvalue weighted by atomic mass is 10.1. The van der Waals surface area contributed by atoms with Crippen molar-refractivity contribution in [3.05, 3.63) is 117 Å². The van der Waals surface area contributed by atoms with Crippen LogP contribution in [0, 0.1) is 5.82 Å². The number of hydrogen-bond donors (Lipinski definition) is 3. The molecule has 0 bridgehead atoms. The van der Waals surface area contributed by atoms with Crippen molar-refractivity contribution in [2.75, 3.05) is 7.11 Å². The van der Waals surface area contributed by atoms with Crippen LogP contribution in [0.15, 0.2) is 83.3 Å². The number of carbonyl (C=O) groups excluding carboxylic acids is 2. The third-order valence-corrected chi connectivity index (χ3v) is 6.21. The Hall–Kier alpha value is -4.96. The molecule has 10 heteroatoms. The van der Waals surface area contributed by atoms with Gasteiger partial charge in [-0.2, -0.15) is 0 Å². The summed E-state index contributed by atoms with van der Waals surface area (Å²) in [5, 5.41) is 5.69. The molecule has 0 radical (unpaired) electrons. The van der Waals surface area contributed by atoms with E-state index in [1.165, 1.54) is 22.9 Å². The van der Waals surface area contributed by atoms with Crippen molar-refractivity contribution < 1.29 is 24.5 Å². The van der Waals surface area contributed by atoms with Crippen molar-refractivity contribution in [3.63, 3.8) is 0 Å². The molecule has 5 rings (SSSR count). The van der Waals surface area contributed by atoms with Crippen LogP contribution in [0.1, 0.15) is 22.4 Å². The number of aromatic amines is 1. The molecule has 1 saturated heterocycles. The number of carbonyl (C=O) groups is 2. The van der Waals surface area contributed by atoms with Crippen molar-refractivity contribution in [3.8, 4) is 11.4 Å². The molecule has 1 aliphatic rings. The minimum atomic E-state index is -0.582. The van der Waals surface area contributed by atoms with Crippen LogP contribution in [-0.2, 0) is 17.8 Å². The molecule has 38 heavy (non-hydrogen) atoms. The molecular weight excluding hydrogens is 489 g/mol. The molecule has 2 heterocycles. The second-order valence-corrected chi connectivity index (χ2v) is 8.85. The Labute approximate surface area is 216 Å². The maximum Gasteiger partial charge on any atom is 0.329 e. The molecule has 3 aromatic carbocycles. The molecule has 0 unspecified atom stereocenters. The third-order valence-electron chi connectivity index (χ3n) is 6.21. The van der Waals surface area contributed by atoms with E-state index in [0.717, 1.165) is 21.7 Å². The van der Waals surface area contributed by atoms with E-state index in [2.05, 4.69) is 16.1 Å². The summed E-state index contributed by atoms with van der Waals surface area (Å²) in [5.41, 5.74) is 6.98. The number of nitrogens with one attached hydrogen (secondary N) is 2. The van der Waals surface area contributed by atoms with Gasteiger partial charge in [-0.05, 0) is 59.7 Å². The maximum absolute atomic E-state index is 13.5. The van der Waals surface area contributed by atoms with Crippen LogP contribution in [0.5, 0.6) is 5.75 Å². The summed E-state index contributed by atoms with van der Waals surface area (Å²) >= 11 is 0. The summed E-state index contributed by atoms with van der Waals surface area (Å²) in [7, 11) is 1.55. The average Bonchev–Trinajstić information content (AvgIpc) is 3.36. The number of aromatic nitrogens is 2. The molecular formula is C28H25FN5O4+. The van der Waals surface area contributed by atoms with E-state index in [-0.39, 0.29) is 30.0 Å². The Morgan fingerprint density at radius 2 is 1.71 bits per heavy atom. The minimum absolute atomic E-state index is 0.0147. The van der Waals surface area contributed by atoms with Gasteiger partial charge in [-0.15, -0.1) is 0 Å². The fourth-order valence-corrected chi connectivity index (χ4v) is 4.27. The predicted octanol–water partition coefficient (Wildman–Crippen LogP) is 2.87. The van der Waals surface area contributed by atoms with E-state index in [4.69, 9.17) is 4.74 Å². The zero-order valence-corrected chi connectivity index (χ0v) is 20.5. The van der Waals surface area contributed by atoms with Crippen molar-refractivity contribution in [1.29, 1.82) is 0 Å². The number of hydrogen-bond acceptors (Lipinski definition) is 4. The molecule has 192 valence electrons. The first-order valence-corrected chi connectivity index (χ1v) is 11.8. The topological polar surface area (TPSA) is 124 Å². The quantitative estimate of drug-likeness (QED) is 0.259. The number of quaternary nitrogens is 1. The highest BCUT2D eigenvalue weighted by Crippen LogP contribution is 2.21. The number of methoxy groups -OCH3 is 1. The minimum Gasteiger partial charge on any atom is -0.497 e. The molecule has 1 aliphatic heterocycles. The van der Waals surface area contributed by atoms with Crippen LogP contribution in [0.3, 0.4) is 0 Å². The molecule has 0 aliphatic carbocycles. The standard InChI is InChI=1S/C28H24FN5O4/c1-38-22-11-9-21(10-12-22)34-26(35)23(24(32-34)14-17-5-7-19(29)8-6-17)15-25-27(36)33(28(37)31-25)16-18-3-2-4-20(30)13-18/h2-13,15,32H,14,16,30H2,1H3,(H,31,37)/p+1/b25-15-. The Kier molecular flexibility index (Phi) is 6.63. The van der Waals surface area contributed by atoms with Crippen LogP contribution >= 0.6 is 0 Å². The Bertz CT molecular complexity index is 1600. The van der Waals surface area contributed by atoms with Crippen LogP contribution in [-0.4, -0.2) is 33.7 Å². The second-order valence-electron chi connectivity index (χ2n) is 8.85. The van der Waals surface area contributed by atoms with E-state index in [1.54, 1.807) is 61.7 Å². The number of ether oxygens (including phenoxy) is 1. The zero-order chi connectivity index (χ0) is 26.8. The van der Waals surface area contributed by atoms with Gasteiger partial charge in [0.25, 0.3) is 11.5 Å². The van der Waals surface area contributed by atoms with Gasteiger partial charge >= 0.3 is 6.03 Å². The summed E-state index contributed by atoms with van der Waals surface area (Å²) in [6, 6.07) is 19.4. The van der Waals surface area contributed by atoms with Crippen LogP contribution in [0.2, 0.25) is 0 Å². The number of imide groups is 1. The fourth-order valence-electron chi connectivity index (χ4n) is 4.27. The van der Waals surface area contributed by atoms with Crippen molar-refractivity contribution in [1.82, 2.24) is 20.0 Å². The third kappa shape index (κ3) is 4.97. The number of rotatable bonds is 7. The maximum atomic E-state index is 13.5. The molecule has 1 aromatic heterocycles. The van der Waals surface area contributed by atoms with Gasteiger partial charge in [0.05, 0.1) is 24.9 Å². The van der Waals surface area contributed by atoms with Gasteiger partial charge in [0.15, 0.2) is 0 Å². The SMILES string of the molecule is COc1ccc(-n2[nH]c(Cc3ccc(F)cc3)c(/C=C3\NC(=O)N(Cc4cccc([NH3+])c4)C3=O)c2=O)cc1. The highest BCUT2D eigenvalue weighted by atomic mass is 19.1. The molecule has 3 amide bonds. The van der Waals surface area contributed by atoms with Gasteiger partial charge in [-0.25, -0.2) is 13.9 Å². The van der Waals surface area contributed by atoms with Gasteiger partial charge in [0, 0.05) is 18.2 Å². The second kappa shape index (κ2) is 10.2. The van der Waals surface area contributed by atoms with E-state index < -0.39 is 17.5 Å². The van der Waals surface area contributed by atoms with E-state index in [0.29, 0.717) is 17.1 Å². The lowest BCUT2D eigenvalue weighted by molar-refractivity contribution is -0.254. The van der Waals surface area contributed by atoms with Crippen molar-refractivity contribution in [2.24, 2.45) is 0 Å². The zero-order valence-electron chi connectivity index (χ0n) is 20.5. The Balaban J connectivity index is 1.52. The summed E-state index contributed by atoms with van der Waals surface area (Å²) in [6.45, 7) is 0.0665. The van der Waals surface area contributed by atoms with Gasteiger partial charge in [-0.3, -0.25) is 19.6 Å². The van der Waals surface area contributed by atoms with E-state index in [1.807, 2.05) is 6.07 Å². The molecule has 9 nitrogen and oxygen atoms in total. The first-order valence-electron chi connectivity index (χ1n) is 11.8. The number of amides is 3. The summed E-state index contributed by atoms with van der Waals surface area (Å²) in [5.74, 6) is -0.288.